The van der Waals surface area contributed by atoms with Gasteiger partial charge in [0.05, 0.1) is 0 Å². The molecule has 2 saturated heterocycles. The maximum absolute atomic E-state index is 12.9. The van der Waals surface area contributed by atoms with Crippen LogP contribution in [0.4, 0.5) is 0 Å². The molecular formula is C18H30N4O3S. The average Bonchev–Trinajstić information content (AvgIpc) is 3.05. The zero-order valence-electron chi connectivity index (χ0n) is 15.8. The Labute approximate surface area is 156 Å². The molecule has 2 aliphatic rings. The lowest BCUT2D eigenvalue weighted by Crippen LogP contribution is -2.41. The molecule has 0 unspecified atom stereocenters. The number of aryl methyl sites for hydroxylation is 1. The summed E-state index contributed by atoms with van der Waals surface area (Å²) >= 11 is 0. The number of nitrogens with zero attached hydrogens (tertiary/aromatic N) is 3. The first kappa shape index (κ1) is 19.4. The number of hydrogen-bond donors (Lipinski definition) is 1. The highest BCUT2D eigenvalue weighted by Crippen LogP contribution is 2.24. The third-order valence-corrected chi connectivity index (χ3v) is 7.41. The van der Waals surface area contributed by atoms with Gasteiger partial charge in [-0.25, -0.2) is 8.42 Å². The van der Waals surface area contributed by atoms with Gasteiger partial charge in [0, 0.05) is 39.4 Å². The molecule has 3 heterocycles. The first-order valence-electron chi connectivity index (χ1n) is 9.54. The van der Waals surface area contributed by atoms with Crippen molar-refractivity contribution in [1.29, 1.82) is 0 Å². The topological polar surface area (TPSA) is 74.7 Å². The van der Waals surface area contributed by atoms with Crippen LogP contribution in [-0.2, 0) is 17.1 Å². The van der Waals surface area contributed by atoms with Crippen molar-refractivity contribution in [3.8, 4) is 0 Å². The van der Waals surface area contributed by atoms with Crippen LogP contribution in [0.2, 0.25) is 0 Å². The fourth-order valence-electron chi connectivity index (χ4n) is 3.93. The number of amides is 1. The Balaban J connectivity index is 1.73. The van der Waals surface area contributed by atoms with Crippen molar-refractivity contribution in [2.75, 3.05) is 39.8 Å². The van der Waals surface area contributed by atoms with Gasteiger partial charge in [0.25, 0.3) is 5.91 Å². The number of carbonyl (C=O) groups excluding carboxylic acids is 1. The highest BCUT2D eigenvalue weighted by atomic mass is 32.2. The molecular weight excluding hydrogens is 352 g/mol. The molecule has 1 amide bonds. The third-order valence-electron chi connectivity index (χ3n) is 5.55. The van der Waals surface area contributed by atoms with Crippen LogP contribution >= 0.6 is 0 Å². The molecule has 7 nitrogen and oxygen atoms in total. The lowest BCUT2D eigenvalue weighted by Gasteiger charge is -2.32. The number of piperidine rings is 2. The minimum Gasteiger partial charge on any atom is -0.345 e. The minimum atomic E-state index is -3.51. The van der Waals surface area contributed by atoms with Crippen LogP contribution in [0.1, 0.15) is 42.6 Å². The number of likely N-dealkylation sites (tertiary alicyclic amines) is 1. The molecule has 1 aromatic heterocycles. The molecule has 1 N–H and O–H groups in total. The molecule has 146 valence electrons. The SMILES string of the molecule is CNCC1CCN(C(=O)c2cc(S(=O)(=O)N3CCCCC3)cn2C)CC1. The van der Waals surface area contributed by atoms with Crippen molar-refractivity contribution >= 4 is 15.9 Å². The van der Waals surface area contributed by atoms with Crippen molar-refractivity contribution < 1.29 is 13.2 Å². The summed E-state index contributed by atoms with van der Waals surface area (Å²) in [5.41, 5.74) is 0.452. The largest absolute Gasteiger partial charge is 0.345 e. The van der Waals surface area contributed by atoms with E-state index in [2.05, 4.69) is 5.32 Å². The Morgan fingerprint density at radius 2 is 1.81 bits per heavy atom. The maximum atomic E-state index is 12.9. The van der Waals surface area contributed by atoms with Crippen LogP contribution < -0.4 is 5.32 Å². The summed E-state index contributed by atoms with van der Waals surface area (Å²) in [4.78, 5) is 15.0. The number of rotatable bonds is 5. The summed E-state index contributed by atoms with van der Waals surface area (Å²) in [6, 6.07) is 1.55. The van der Waals surface area contributed by atoms with Gasteiger partial charge in [-0.05, 0) is 51.3 Å². The van der Waals surface area contributed by atoms with Gasteiger partial charge in [-0.15, -0.1) is 0 Å². The molecule has 0 spiro atoms. The monoisotopic (exact) mass is 382 g/mol. The second-order valence-corrected chi connectivity index (χ2v) is 9.37. The van der Waals surface area contributed by atoms with E-state index in [4.69, 9.17) is 0 Å². The number of carbonyl (C=O) groups is 1. The summed E-state index contributed by atoms with van der Waals surface area (Å²) in [6.45, 7) is 3.57. The summed E-state index contributed by atoms with van der Waals surface area (Å²) in [6.07, 6.45) is 6.42. The van der Waals surface area contributed by atoms with Gasteiger partial charge in [0.1, 0.15) is 10.6 Å². The van der Waals surface area contributed by atoms with Crippen molar-refractivity contribution in [2.24, 2.45) is 13.0 Å². The quantitative estimate of drug-likeness (QED) is 0.832. The molecule has 0 aliphatic carbocycles. The van der Waals surface area contributed by atoms with Gasteiger partial charge in [0.2, 0.25) is 10.0 Å². The molecule has 0 atom stereocenters. The van der Waals surface area contributed by atoms with E-state index in [9.17, 15) is 13.2 Å². The van der Waals surface area contributed by atoms with Crippen LogP contribution in [0.5, 0.6) is 0 Å². The van der Waals surface area contributed by atoms with Gasteiger partial charge >= 0.3 is 0 Å². The smallest absolute Gasteiger partial charge is 0.270 e. The standard InChI is InChI=1S/C18H30N4O3S/c1-19-13-15-6-10-21(11-7-15)18(23)17-12-16(14-20(17)2)26(24,25)22-8-4-3-5-9-22/h12,14-15,19H,3-11,13H2,1-2H3. The predicted octanol–water partition coefficient (Wildman–Crippen LogP) is 1.27. The van der Waals surface area contributed by atoms with Crippen LogP contribution in [0.3, 0.4) is 0 Å². The normalized spacial score (nSPS) is 20.5. The second kappa shape index (κ2) is 8.10. The van der Waals surface area contributed by atoms with Gasteiger partial charge in [0.15, 0.2) is 0 Å². The van der Waals surface area contributed by atoms with E-state index in [1.54, 1.807) is 28.2 Å². The molecule has 26 heavy (non-hydrogen) atoms. The summed E-state index contributed by atoms with van der Waals surface area (Å²) < 4.78 is 28.9. The highest BCUT2D eigenvalue weighted by Gasteiger charge is 2.30. The van der Waals surface area contributed by atoms with Gasteiger partial charge in [-0.3, -0.25) is 4.79 Å². The van der Waals surface area contributed by atoms with Gasteiger partial charge < -0.3 is 14.8 Å². The maximum Gasteiger partial charge on any atom is 0.270 e. The first-order chi connectivity index (χ1) is 12.4. The molecule has 0 radical (unpaired) electrons. The molecule has 3 rings (SSSR count). The van der Waals surface area contributed by atoms with Crippen LogP contribution in [0.25, 0.3) is 0 Å². The first-order valence-corrected chi connectivity index (χ1v) is 11.0. The van der Waals surface area contributed by atoms with E-state index in [0.717, 1.165) is 51.7 Å². The van der Waals surface area contributed by atoms with Gasteiger partial charge in [-0.1, -0.05) is 6.42 Å². The lowest BCUT2D eigenvalue weighted by atomic mass is 9.96. The van der Waals surface area contributed by atoms with Crippen molar-refractivity contribution in [3.05, 3.63) is 18.0 Å². The number of aromatic nitrogens is 1. The Hall–Kier alpha value is -1.38. The number of sulfonamides is 1. The Morgan fingerprint density at radius 3 is 2.42 bits per heavy atom. The summed E-state index contributed by atoms with van der Waals surface area (Å²) in [5, 5.41) is 3.19. The third kappa shape index (κ3) is 3.97. The Bertz CT molecular complexity index is 730. The second-order valence-electron chi connectivity index (χ2n) is 7.43. The van der Waals surface area contributed by atoms with E-state index in [1.807, 2.05) is 11.9 Å². The van der Waals surface area contributed by atoms with Crippen LogP contribution in [0.15, 0.2) is 17.2 Å². The Kier molecular flexibility index (Phi) is 6.04. The lowest BCUT2D eigenvalue weighted by molar-refractivity contribution is 0.0681. The summed E-state index contributed by atoms with van der Waals surface area (Å²) in [7, 11) is 0.186. The predicted molar refractivity (Wildman–Crippen MR) is 101 cm³/mol. The zero-order chi connectivity index (χ0) is 18.7. The minimum absolute atomic E-state index is 0.0736. The molecule has 0 aromatic carbocycles. The fraction of sp³-hybridized carbons (Fsp3) is 0.722. The van der Waals surface area contributed by atoms with Crippen molar-refractivity contribution in [1.82, 2.24) is 19.1 Å². The Morgan fingerprint density at radius 1 is 1.15 bits per heavy atom. The molecule has 0 saturated carbocycles. The van der Waals surface area contributed by atoms with Crippen LogP contribution in [-0.4, -0.2) is 67.9 Å². The molecule has 2 fully saturated rings. The highest BCUT2D eigenvalue weighted by molar-refractivity contribution is 7.89. The molecule has 8 heteroatoms. The summed E-state index contributed by atoms with van der Waals surface area (Å²) in [5.74, 6) is 0.531. The van der Waals surface area contributed by atoms with Crippen molar-refractivity contribution in [3.63, 3.8) is 0 Å². The van der Waals surface area contributed by atoms with E-state index >= 15 is 0 Å². The van der Waals surface area contributed by atoms with E-state index in [0.29, 0.717) is 24.7 Å². The zero-order valence-corrected chi connectivity index (χ0v) is 16.6. The fourth-order valence-corrected chi connectivity index (χ4v) is 5.52. The molecule has 1 aromatic rings. The van der Waals surface area contributed by atoms with E-state index < -0.39 is 10.0 Å². The van der Waals surface area contributed by atoms with E-state index in [-0.39, 0.29) is 10.8 Å². The number of nitrogens with one attached hydrogen (secondary N) is 1. The van der Waals surface area contributed by atoms with E-state index in [1.165, 1.54) is 0 Å². The average molecular weight is 383 g/mol. The van der Waals surface area contributed by atoms with Gasteiger partial charge in [-0.2, -0.15) is 4.31 Å². The molecule has 0 bridgehead atoms. The van der Waals surface area contributed by atoms with Crippen LogP contribution in [0, 0.1) is 5.92 Å². The number of hydrogen-bond acceptors (Lipinski definition) is 4. The van der Waals surface area contributed by atoms with Crippen molar-refractivity contribution in [2.45, 2.75) is 37.0 Å². The molecule has 2 aliphatic heterocycles.